The standard InChI is InChI=1S/C41H23N5/c1-2-12-26-25(11-1)27-13-3-4-17-31(27)40-44-38-37(42-23-43-41(38)46(40)36-20-10-5-14-28(26)36)24-21-32-29-15-6-8-18-34(29)45-35-19-9-7-16-30(35)33(22-24)39(32)45/h1-23H. The highest BCUT2D eigenvalue weighted by molar-refractivity contribution is 6.24. The summed E-state index contributed by atoms with van der Waals surface area (Å²) in [5.41, 5.74) is 13.9. The molecule has 212 valence electrons. The Morgan fingerprint density at radius 1 is 0.478 bits per heavy atom. The van der Waals surface area contributed by atoms with E-state index < -0.39 is 0 Å². The van der Waals surface area contributed by atoms with Gasteiger partial charge in [0.1, 0.15) is 23.4 Å². The first-order valence-corrected chi connectivity index (χ1v) is 15.5. The van der Waals surface area contributed by atoms with Crippen molar-refractivity contribution >= 4 is 49.3 Å². The monoisotopic (exact) mass is 585 g/mol. The van der Waals surface area contributed by atoms with Crippen LogP contribution < -0.4 is 0 Å². The zero-order valence-corrected chi connectivity index (χ0v) is 24.5. The Kier molecular flexibility index (Phi) is 4.52. The highest BCUT2D eigenvalue weighted by Gasteiger charge is 2.27. The molecule has 0 radical (unpaired) electrons. The normalized spacial score (nSPS) is 12.3. The van der Waals surface area contributed by atoms with Crippen LogP contribution in [-0.4, -0.2) is 23.9 Å². The predicted molar refractivity (Wildman–Crippen MR) is 187 cm³/mol. The van der Waals surface area contributed by atoms with Crippen molar-refractivity contribution in [3.63, 3.8) is 0 Å². The summed E-state index contributed by atoms with van der Waals surface area (Å²) < 4.78 is 4.63. The molecule has 1 aliphatic rings. The maximum atomic E-state index is 5.42. The Morgan fingerprint density at radius 2 is 1.02 bits per heavy atom. The van der Waals surface area contributed by atoms with Crippen molar-refractivity contribution in [2.75, 3.05) is 0 Å². The zero-order valence-electron chi connectivity index (χ0n) is 24.5. The molecule has 0 amide bonds. The van der Waals surface area contributed by atoms with Crippen molar-refractivity contribution in [2.45, 2.75) is 0 Å². The fourth-order valence-corrected chi connectivity index (χ4v) is 7.86. The van der Waals surface area contributed by atoms with Gasteiger partial charge in [-0.05, 0) is 47.0 Å². The van der Waals surface area contributed by atoms with Gasteiger partial charge in [-0.25, -0.2) is 15.0 Å². The van der Waals surface area contributed by atoms with Crippen LogP contribution in [0.2, 0.25) is 0 Å². The molecule has 0 atom stereocenters. The lowest BCUT2D eigenvalue weighted by molar-refractivity contribution is 1.07. The number of hydrogen-bond acceptors (Lipinski definition) is 3. The van der Waals surface area contributed by atoms with E-state index in [4.69, 9.17) is 15.0 Å². The van der Waals surface area contributed by atoms with E-state index in [2.05, 4.69) is 142 Å². The van der Waals surface area contributed by atoms with Gasteiger partial charge in [0.2, 0.25) is 0 Å². The third kappa shape index (κ3) is 2.97. The van der Waals surface area contributed by atoms with Crippen LogP contribution in [0.3, 0.4) is 0 Å². The summed E-state index contributed by atoms with van der Waals surface area (Å²) in [6.45, 7) is 0. The molecule has 1 aliphatic heterocycles. The minimum absolute atomic E-state index is 0.787. The van der Waals surface area contributed by atoms with Crippen LogP contribution in [0.1, 0.15) is 0 Å². The summed E-state index contributed by atoms with van der Waals surface area (Å²) in [7, 11) is 0. The Labute approximate surface area is 263 Å². The Hall–Kier alpha value is -6.33. The number of fused-ring (bicyclic) bond motifs is 16. The molecule has 4 aromatic heterocycles. The molecule has 10 aromatic rings. The van der Waals surface area contributed by atoms with E-state index in [1.807, 2.05) is 0 Å². The van der Waals surface area contributed by atoms with Crippen LogP contribution in [0.15, 0.2) is 140 Å². The van der Waals surface area contributed by atoms with Crippen molar-refractivity contribution in [1.29, 1.82) is 0 Å². The van der Waals surface area contributed by atoms with E-state index in [0.29, 0.717) is 0 Å². The number of aromatic nitrogens is 5. The highest BCUT2D eigenvalue weighted by atomic mass is 15.2. The molecule has 5 heteroatoms. The summed E-state index contributed by atoms with van der Waals surface area (Å²) in [6.07, 6.45) is 1.69. The molecule has 0 saturated carbocycles. The Bertz CT molecular complexity index is 2790. The number of nitrogens with zero attached hydrogens (tertiary/aromatic N) is 5. The van der Waals surface area contributed by atoms with Crippen LogP contribution in [0.25, 0.3) is 99.8 Å². The largest absolute Gasteiger partial charge is 0.308 e. The van der Waals surface area contributed by atoms with E-state index in [9.17, 15) is 0 Å². The summed E-state index contributed by atoms with van der Waals surface area (Å²) in [5.74, 6) is 0.863. The lowest BCUT2D eigenvalue weighted by atomic mass is 9.89. The molecule has 0 saturated heterocycles. The smallest absolute Gasteiger partial charge is 0.168 e. The second-order valence-corrected chi connectivity index (χ2v) is 12.1. The van der Waals surface area contributed by atoms with Crippen LogP contribution in [0.5, 0.6) is 0 Å². The van der Waals surface area contributed by atoms with Gasteiger partial charge < -0.3 is 4.40 Å². The summed E-state index contributed by atoms with van der Waals surface area (Å²) in [6, 6.07) is 47.7. The van der Waals surface area contributed by atoms with Gasteiger partial charge in [-0.3, -0.25) is 4.57 Å². The number of imidazole rings is 1. The van der Waals surface area contributed by atoms with E-state index in [1.165, 1.54) is 49.2 Å². The molecule has 0 aliphatic carbocycles. The fraction of sp³-hybridized carbons (Fsp3) is 0. The van der Waals surface area contributed by atoms with Crippen molar-refractivity contribution in [1.82, 2.24) is 23.9 Å². The van der Waals surface area contributed by atoms with E-state index in [0.717, 1.165) is 50.6 Å². The first-order chi connectivity index (χ1) is 22.8. The van der Waals surface area contributed by atoms with Gasteiger partial charge in [0.05, 0.1) is 22.2 Å². The molecule has 11 rings (SSSR count). The molecule has 6 aromatic carbocycles. The minimum Gasteiger partial charge on any atom is -0.308 e. The van der Waals surface area contributed by atoms with Crippen molar-refractivity contribution in [3.05, 3.63) is 140 Å². The quantitative estimate of drug-likeness (QED) is 0.193. The average molecular weight is 586 g/mol. The third-order valence-electron chi connectivity index (χ3n) is 9.74. The van der Waals surface area contributed by atoms with E-state index in [1.54, 1.807) is 6.33 Å². The second-order valence-electron chi connectivity index (χ2n) is 12.1. The fourth-order valence-electron chi connectivity index (χ4n) is 7.86. The van der Waals surface area contributed by atoms with E-state index in [-0.39, 0.29) is 0 Å². The van der Waals surface area contributed by atoms with Gasteiger partial charge in [-0.15, -0.1) is 0 Å². The number of benzene rings is 6. The summed E-state index contributed by atoms with van der Waals surface area (Å²) in [4.78, 5) is 15.3. The van der Waals surface area contributed by atoms with Crippen molar-refractivity contribution in [3.8, 4) is 50.6 Å². The molecule has 0 unspecified atom stereocenters. The van der Waals surface area contributed by atoms with Crippen molar-refractivity contribution < 1.29 is 0 Å². The van der Waals surface area contributed by atoms with E-state index >= 15 is 0 Å². The van der Waals surface area contributed by atoms with Gasteiger partial charge in [0.25, 0.3) is 0 Å². The maximum absolute atomic E-state index is 5.42. The van der Waals surface area contributed by atoms with Gasteiger partial charge in [-0.2, -0.15) is 0 Å². The van der Waals surface area contributed by atoms with Gasteiger partial charge in [0.15, 0.2) is 5.65 Å². The highest BCUT2D eigenvalue weighted by Crippen LogP contribution is 2.46. The molecular weight excluding hydrogens is 562 g/mol. The van der Waals surface area contributed by atoms with Gasteiger partial charge in [0, 0.05) is 38.2 Å². The third-order valence-corrected chi connectivity index (χ3v) is 9.74. The van der Waals surface area contributed by atoms with Gasteiger partial charge in [-0.1, -0.05) is 103 Å². The topological polar surface area (TPSA) is 48.0 Å². The lowest BCUT2D eigenvalue weighted by Gasteiger charge is -2.21. The molecule has 0 fully saturated rings. The molecule has 0 bridgehead atoms. The summed E-state index contributed by atoms with van der Waals surface area (Å²) >= 11 is 0. The lowest BCUT2D eigenvalue weighted by Crippen LogP contribution is -2.05. The second kappa shape index (κ2) is 8.65. The number of rotatable bonds is 1. The molecule has 0 spiro atoms. The Balaban J connectivity index is 1.27. The van der Waals surface area contributed by atoms with Crippen LogP contribution in [0.4, 0.5) is 0 Å². The molecule has 5 nitrogen and oxygen atoms in total. The van der Waals surface area contributed by atoms with Crippen LogP contribution in [0, 0.1) is 0 Å². The molecular formula is C41H23N5. The predicted octanol–water partition coefficient (Wildman–Crippen LogP) is 9.95. The molecule has 0 N–H and O–H groups in total. The maximum Gasteiger partial charge on any atom is 0.168 e. The van der Waals surface area contributed by atoms with Gasteiger partial charge >= 0.3 is 0 Å². The Morgan fingerprint density at radius 3 is 1.72 bits per heavy atom. The SMILES string of the molecule is c1ccc2c(c1)-c1ccccc1-c1nc3c(-c4cc5c6ccccc6n6c7ccccc7c(c4)c56)ncnc3n1-c1ccccc1-2. The summed E-state index contributed by atoms with van der Waals surface area (Å²) in [5, 5.41) is 4.90. The average Bonchev–Trinajstić information content (AvgIpc) is 3.78. The number of hydrogen-bond donors (Lipinski definition) is 0. The van der Waals surface area contributed by atoms with Crippen LogP contribution in [-0.2, 0) is 0 Å². The zero-order chi connectivity index (χ0) is 29.9. The first kappa shape index (κ1) is 24.0. The minimum atomic E-state index is 0.787. The van der Waals surface area contributed by atoms with Crippen LogP contribution >= 0.6 is 0 Å². The first-order valence-electron chi connectivity index (χ1n) is 15.5. The molecule has 5 heterocycles. The molecule has 46 heavy (non-hydrogen) atoms. The number of para-hydroxylation sites is 3. The van der Waals surface area contributed by atoms with Crippen molar-refractivity contribution in [2.24, 2.45) is 0 Å².